The van der Waals surface area contributed by atoms with E-state index in [1.807, 2.05) is 32.9 Å². The zero-order valence-corrected chi connectivity index (χ0v) is 16.6. The monoisotopic (exact) mass is 360 g/mol. The lowest BCUT2D eigenvalue weighted by Gasteiger charge is -2.24. The van der Waals surface area contributed by atoms with Crippen molar-refractivity contribution in [2.45, 2.75) is 65.3 Å². The summed E-state index contributed by atoms with van der Waals surface area (Å²) >= 11 is 0. The van der Waals surface area contributed by atoms with Gasteiger partial charge in [-0.1, -0.05) is 24.3 Å². The Morgan fingerprint density at radius 2 is 1.85 bits per heavy atom. The molecule has 0 radical (unpaired) electrons. The molecule has 1 aromatic rings. The van der Waals surface area contributed by atoms with Crippen LogP contribution in [0.1, 0.15) is 51.7 Å². The fraction of sp³-hybridized carbons (Fsp3) is 0.600. The van der Waals surface area contributed by atoms with Gasteiger partial charge in [-0.05, 0) is 51.7 Å². The number of nitrogens with one attached hydrogen (secondary N) is 2. The summed E-state index contributed by atoms with van der Waals surface area (Å²) in [5.74, 6) is 0.878. The van der Waals surface area contributed by atoms with E-state index in [9.17, 15) is 4.79 Å². The van der Waals surface area contributed by atoms with Gasteiger partial charge >= 0.3 is 6.09 Å². The van der Waals surface area contributed by atoms with E-state index in [0.717, 1.165) is 23.6 Å². The van der Waals surface area contributed by atoms with Gasteiger partial charge in [0.05, 0.1) is 6.54 Å². The summed E-state index contributed by atoms with van der Waals surface area (Å²) in [5.41, 5.74) is 1.72. The highest BCUT2D eigenvalue weighted by Gasteiger charge is 2.22. The number of hydrogen-bond acceptors (Lipinski definition) is 3. The molecule has 1 amide bonds. The predicted octanol–water partition coefficient (Wildman–Crippen LogP) is 3.27. The van der Waals surface area contributed by atoms with Gasteiger partial charge in [-0.3, -0.25) is 0 Å². The number of aliphatic imine (C=N–C) groups is 1. The Bertz CT molecular complexity index is 616. The third-order valence-corrected chi connectivity index (χ3v) is 3.83. The maximum absolute atomic E-state index is 12.0. The van der Waals surface area contributed by atoms with Gasteiger partial charge in [0.1, 0.15) is 5.60 Å². The minimum Gasteiger partial charge on any atom is -0.444 e. The molecule has 0 atom stereocenters. The van der Waals surface area contributed by atoms with Gasteiger partial charge in [0, 0.05) is 26.2 Å². The van der Waals surface area contributed by atoms with Crippen LogP contribution in [0.15, 0.2) is 29.3 Å². The van der Waals surface area contributed by atoms with Crippen LogP contribution in [0.2, 0.25) is 0 Å². The highest BCUT2D eigenvalue weighted by atomic mass is 16.6. The van der Waals surface area contributed by atoms with Crippen LogP contribution in [0.4, 0.5) is 4.79 Å². The molecule has 1 fully saturated rings. The van der Waals surface area contributed by atoms with Crippen LogP contribution in [0, 0.1) is 0 Å². The van der Waals surface area contributed by atoms with Crippen molar-refractivity contribution in [3.8, 4) is 0 Å². The molecule has 1 aliphatic rings. The summed E-state index contributed by atoms with van der Waals surface area (Å²) < 4.78 is 5.38. The van der Waals surface area contributed by atoms with E-state index < -0.39 is 5.60 Å². The molecule has 1 aromatic carbocycles. The molecule has 0 saturated heterocycles. The van der Waals surface area contributed by atoms with Gasteiger partial charge in [0.15, 0.2) is 5.96 Å². The third kappa shape index (κ3) is 7.33. The summed E-state index contributed by atoms with van der Waals surface area (Å²) in [7, 11) is 1.75. The first-order valence-electron chi connectivity index (χ1n) is 9.33. The lowest BCUT2D eigenvalue weighted by atomic mass is 10.1. The van der Waals surface area contributed by atoms with Gasteiger partial charge in [-0.25, -0.2) is 9.79 Å². The van der Waals surface area contributed by atoms with Crippen LogP contribution < -0.4 is 10.6 Å². The Kier molecular flexibility index (Phi) is 6.89. The molecule has 2 rings (SSSR count). The molecule has 6 heteroatoms. The fourth-order valence-corrected chi connectivity index (χ4v) is 2.34. The van der Waals surface area contributed by atoms with Crippen molar-refractivity contribution < 1.29 is 9.53 Å². The number of ether oxygens (including phenoxy) is 1. The van der Waals surface area contributed by atoms with E-state index in [4.69, 9.17) is 4.74 Å². The molecule has 1 aliphatic carbocycles. The molecule has 6 nitrogen and oxygen atoms in total. The van der Waals surface area contributed by atoms with Crippen molar-refractivity contribution in [1.82, 2.24) is 15.5 Å². The van der Waals surface area contributed by atoms with Crippen LogP contribution in [0.5, 0.6) is 0 Å². The maximum atomic E-state index is 12.0. The standard InChI is InChI=1S/C20H32N4O2/c1-6-21-18(23-17-11-12-17)22-13-15-7-9-16(10-8-15)14-24(5)19(25)26-20(2,3)4/h7-10,17H,6,11-14H2,1-5H3,(H2,21,22,23). The second kappa shape index (κ2) is 8.92. The van der Waals surface area contributed by atoms with Crippen molar-refractivity contribution in [1.29, 1.82) is 0 Å². The van der Waals surface area contributed by atoms with Crippen LogP contribution >= 0.6 is 0 Å². The van der Waals surface area contributed by atoms with E-state index in [1.54, 1.807) is 11.9 Å². The molecule has 0 spiro atoms. The van der Waals surface area contributed by atoms with E-state index in [-0.39, 0.29) is 6.09 Å². The molecule has 1 saturated carbocycles. The Balaban J connectivity index is 1.87. The first-order valence-corrected chi connectivity index (χ1v) is 9.33. The number of hydrogen-bond donors (Lipinski definition) is 2. The average Bonchev–Trinajstić information content (AvgIpc) is 3.36. The first kappa shape index (κ1) is 20.1. The third-order valence-electron chi connectivity index (χ3n) is 3.83. The van der Waals surface area contributed by atoms with E-state index >= 15 is 0 Å². The summed E-state index contributed by atoms with van der Waals surface area (Å²) in [4.78, 5) is 18.3. The molecule has 0 bridgehead atoms. The molecule has 26 heavy (non-hydrogen) atoms. The zero-order valence-electron chi connectivity index (χ0n) is 16.6. The smallest absolute Gasteiger partial charge is 0.410 e. The van der Waals surface area contributed by atoms with Crippen molar-refractivity contribution in [3.05, 3.63) is 35.4 Å². The topological polar surface area (TPSA) is 66.0 Å². The lowest BCUT2D eigenvalue weighted by molar-refractivity contribution is 0.0285. The largest absolute Gasteiger partial charge is 0.444 e. The van der Waals surface area contributed by atoms with Crippen molar-refractivity contribution >= 4 is 12.1 Å². The summed E-state index contributed by atoms with van der Waals surface area (Å²) in [6.45, 7) is 9.68. The van der Waals surface area contributed by atoms with Crippen LogP contribution in [-0.2, 0) is 17.8 Å². The van der Waals surface area contributed by atoms with Gasteiger partial charge in [0.25, 0.3) is 0 Å². The summed E-state index contributed by atoms with van der Waals surface area (Å²) in [6, 6.07) is 8.77. The molecule has 0 aromatic heterocycles. The molecule has 2 N–H and O–H groups in total. The zero-order chi connectivity index (χ0) is 19.2. The first-order chi connectivity index (χ1) is 12.3. The van der Waals surface area contributed by atoms with Crippen molar-refractivity contribution in [2.24, 2.45) is 4.99 Å². The second-order valence-electron chi connectivity index (χ2n) is 7.77. The maximum Gasteiger partial charge on any atom is 0.410 e. The minimum absolute atomic E-state index is 0.312. The number of rotatable bonds is 6. The van der Waals surface area contributed by atoms with Crippen LogP contribution in [-0.4, -0.2) is 42.2 Å². The minimum atomic E-state index is -0.480. The quantitative estimate of drug-likeness (QED) is 0.604. The molecular weight excluding hydrogens is 328 g/mol. The number of guanidine groups is 1. The Morgan fingerprint density at radius 1 is 1.23 bits per heavy atom. The van der Waals surface area contributed by atoms with Gasteiger partial charge in [-0.2, -0.15) is 0 Å². The molecule has 144 valence electrons. The van der Waals surface area contributed by atoms with Gasteiger partial charge in [-0.15, -0.1) is 0 Å². The summed E-state index contributed by atoms with van der Waals surface area (Å²) in [5, 5.41) is 6.68. The highest BCUT2D eigenvalue weighted by Crippen LogP contribution is 2.18. The van der Waals surface area contributed by atoms with Crippen molar-refractivity contribution in [3.63, 3.8) is 0 Å². The molecule has 0 unspecified atom stereocenters. The lowest BCUT2D eigenvalue weighted by Crippen LogP contribution is -2.38. The molecular formula is C20H32N4O2. The van der Waals surface area contributed by atoms with Gasteiger partial charge in [0.2, 0.25) is 0 Å². The summed E-state index contributed by atoms with van der Waals surface area (Å²) in [6.07, 6.45) is 2.14. The Hall–Kier alpha value is -2.24. The van der Waals surface area contributed by atoms with E-state index in [1.165, 1.54) is 12.8 Å². The number of amides is 1. The van der Waals surface area contributed by atoms with E-state index in [0.29, 0.717) is 19.1 Å². The average molecular weight is 361 g/mol. The molecule has 0 aliphatic heterocycles. The fourth-order valence-electron chi connectivity index (χ4n) is 2.34. The SMILES string of the molecule is CCNC(=NCc1ccc(CN(C)C(=O)OC(C)(C)C)cc1)NC1CC1. The van der Waals surface area contributed by atoms with Crippen LogP contribution in [0.3, 0.4) is 0 Å². The highest BCUT2D eigenvalue weighted by molar-refractivity contribution is 5.80. The number of benzene rings is 1. The number of nitrogens with zero attached hydrogens (tertiary/aromatic N) is 2. The van der Waals surface area contributed by atoms with Gasteiger partial charge < -0.3 is 20.3 Å². The predicted molar refractivity (Wildman–Crippen MR) is 105 cm³/mol. The van der Waals surface area contributed by atoms with E-state index in [2.05, 4.69) is 34.7 Å². The molecule has 0 heterocycles. The number of carbonyl (C=O) groups excluding carboxylic acids is 1. The Labute approximate surface area is 157 Å². The number of carbonyl (C=O) groups is 1. The van der Waals surface area contributed by atoms with Crippen molar-refractivity contribution in [2.75, 3.05) is 13.6 Å². The second-order valence-corrected chi connectivity index (χ2v) is 7.77. The normalized spacial score (nSPS) is 14.7. The van der Waals surface area contributed by atoms with Crippen LogP contribution in [0.25, 0.3) is 0 Å². The Morgan fingerprint density at radius 3 is 2.38 bits per heavy atom.